The number of benzene rings is 4. The van der Waals surface area contributed by atoms with Crippen molar-refractivity contribution < 1.29 is 27.5 Å². The van der Waals surface area contributed by atoms with Crippen LogP contribution in [-0.4, -0.2) is 58.0 Å². The fourth-order valence-electron chi connectivity index (χ4n) is 6.17. The third kappa shape index (κ3) is 9.29. The van der Waals surface area contributed by atoms with Crippen molar-refractivity contribution in [2.24, 2.45) is 0 Å². The first kappa shape index (κ1) is 37.0. The van der Waals surface area contributed by atoms with Gasteiger partial charge in [0.25, 0.3) is 10.0 Å². The van der Waals surface area contributed by atoms with Gasteiger partial charge in [-0.2, -0.15) is 0 Å². The van der Waals surface area contributed by atoms with Crippen LogP contribution in [-0.2, 0) is 32.6 Å². The molecule has 1 saturated carbocycles. The van der Waals surface area contributed by atoms with Crippen molar-refractivity contribution >= 4 is 50.7 Å². The van der Waals surface area contributed by atoms with Crippen LogP contribution in [0.5, 0.6) is 11.5 Å². The number of sulfonamides is 1. The maximum atomic E-state index is 14.7. The molecule has 0 bridgehead atoms. The molecule has 1 N–H and O–H groups in total. The number of ether oxygens (including phenoxy) is 2. The fraction of sp³-hybridized carbons (Fsp3) is 0.316. The number of hydrogen-bond donors (Lipinski definition) is 1. The Morgan fingerprint density at radius 2 is 1.48 bits per heavy atom. The van der Waals surface area contributed by atoms with Crippen molar-refractivity contribution in [3.05, 3.63) is 118 Å². The van der Waals surface area contributed by atoms with Gasteiger partial charge in [0, 0.05) is 35.1 Å². The van der Waals surface area contributed by atoms with Gasteiger partial charge in [-0.25, -0.2) is 8.42 Å². The highest BCUT2D eigenvalue weighted by Gasteiger charge is 2.36. The van der Waals surface area contributed by atoms with Gasteiger partial charge in [-0.15, -0.1) is 0 Å². The molecule has 1 aliphatic rings. The zero-order chi connectivity index (χ0) is 35.7. The summed E-state index contributed by atoms with van der Waals surface area (Å²) in [5, 5.41) is 4.08. The summed E-state index contributed by atoms with van der Waals surface area (Å²) in [7, 11) is -1.51. The predicted octanol–water partition coefficient (Wildman–Crippen LogP) is 7.29. The average molecular weight is 739 g/mol. The van der Waals surface area contributed by atoms with E-state index in [-0.39, 0.29) is 41.2 Å². The summed E-state index contributed by atoms with van der Waals surface area (Å²) < 4.78 is 40.6. The van der Waals surface area contributed by atoms with E-state index < -0.39 is 28.5 Å². The zero-order valence-corrected chi connectivity index (χ0v) is 30.4. The van der Waals surface area contributed by atoms with E-state index in [1.807, 2.05) is 36.4 Å². The Hall–Kier alpha value is -4.25. The van der Waals surface area contributed by atoms with E-state index in [2.05, 4.69) is 5.32 Å². The highest BCUT2D eigenvalue weighted by Crippen LogP contribution is 2.33. The molecule has 9 nitrogen and oxygen atoms in total. The molecule has 5 rings (SSSR count). The second-order valence-electron chi connectivity index (χ2n) is 12.2. The van der Waals surface area contributed by atoms with Crippen LogP contribution in [0.4, 0.5) is 5.69 Å². The van der Waals surface area contributed by atoms with Gasteiger partial charge in [0.05, 0.1) is 24.8 Å². The molecule has 50 heavy (non-hydrogen) atoms. The Labute approximate surface area is 304 Å². The topological polar surface area (TPSA) is 105 Å². The average Bonchev–Trinajstić information content (AvgIpc) is 3.12. The molecule has 4 aromatic rings. The summed E-state index contributed by atoms with van der Waals surface area (Å²) in [6.07, 6.45) is 5.09. The Kier molecular flexibility index (Phi) is 12.7. The number of rotatable bonds is 14. The van der Waals surface area contributed by atoms with Crippen LogP contribution < -0.4 is 19.1 Å². The maximum Gasteiger partial charge on any atom is 0.264 e. The Balaban J connectivity index is 1.58. The van der Waals surface area contributed by atoms with Crippen molar-refractivity contribution in [3.8, 4) is 11.5 Å². The van der Waals surface area contributed by atoms with E-state index in [1.54, 1.807) is 30.3 Å². The van der Waals surface area contributed by atoms with Gasteiger partial charge in [-0.05, 0) is 72.5 Å². The van der Waals surface area contributed by atoms with Gasteiger partial charge in [-0.3, -0.25) is 13.9 Å². The van der Waals surface area contributed by atoms with E-state index in [9.17, 15) is 18.0 Å². The predicted molar refractivity (Wildman–Crippen MR) is 196 cm³/mol. The number of carbonyl (C=O) groups excluding carboxylic acids is 2. The Morgan fingerprint density at radius 3 is 2.14 bits per heavy atom. The lowest BCUT2D eigenvalue weighted by Gasteiger charge is -2.35. The lowest BCUT2D eigenvalue weighted by atomic mass is 9.94. The minimum atomic E-state index is -4.37. The van der Waals surface area contributed by atoms with E-state index in [4.69, 9.17) is 32.7 Å². The number of methoxy groups -OCH3 is 2. The minimum absolute atomic E-state index is 0.00589. The highest BCUT2D eigenvalue weighted by atomic mass is 35.5. The van der Waals surface area contributed by atoms with Gasteiger partial charge in [0.2, 0.25) is 11.8 Å². The molecule has 0 unspecified atom stereocenters. The molecule has 4 aromatic carbocycles. The molecule has 0 radical (unpaired) electrons. The van der Waals surface area contributed by atoms with Crippen LogP contribution in [0.1, 0.15) is 43.2 Å². The number of carbonyl (C=O) groups is 2. The number of hydrogen-bond acceptors (Lipinski definition) is 6. The molecule has 264 valence electrons. The first-order valence-electron chi connectivity index (χ1n) is 16.5. The molecule has 2 amide bonds. The first-order chi connectivity index (χ1) is 24.1. The number of nitrogens with zero attached hydrogens (tertiary/aromatic N) is 2. The van der Waals surface area contributed by atoms with Gasteiger partial charge in [-0.1, -0.05) is 84.9 Å². The number of anilines is 1. The second kappa shape index (κ2) is 17.1. The summed E-state index contributed by atoms with van der Waals surface area (Å²) >= 11 is 12.5. The Morgan fingerprint density at radius 1 is 0.800 bits per heavy atom. The molecule has 1 atom stereocenters. The van der Waals surface area contributed by atoms with Crippen LogP contribution in [0.15, 0.2) is 102 Å². The molecule has 0 aliphatic heterocycles. The lowest BCUT2D eigenvalue weighted by Crippen LogP contribution is -2.55. The molecule has 0 heterocycles. The molecule has 0 spiro atoms. The van der Waals surface area contributed by atoms with E-state index >= 15 is 0 Å². The normalized spacial score (nSPS) is 14.0. The number of nitrogens with one attached hydrogen (secondary N) is 1. The molecule has 12 heteroatoms. The van der Waals surface area contributed by atoms with E-state index in [1.165, 1.54) is 49.5 Å². The van der Waals surface area contributed by atoms with Crippen LogP contribution in [0, 0.1) is 0 Å². The van der Waals surface area contributed by atoms with Crippen molar-refractivity contribution in [3.63, 3.8) is 0 Å². The second-order valence-corrected chi connectivity index (χ2v) is 14.9. The largest absolute Gasteiger partial charge is 0.493 e. The molecular formula is C38H41Cl2N3O6S. The summed E-state index contributed by atoms with van der Waals surface area (Å²) in [5.41, 5.74) is 1.76. The molecule has 1 fully saturated rings. The first-order valence-corrected chi connectivity index (χ1v) is 18.7. The molecular weight excluding hydrogens is 697 g/mol. The standard InChI is InChI=1S/C38H41Cl2N3O6S/c1-48-35-21-20-33(24-36(35)49-2)50(46,47)43(32-18-16-29(39)17-19-32)26-37(44)42(25-28-12-9-13-30(40)22-28)34(23-27-10-5-3-6-11-27)38(45)41-31-14-7-4-8-15-31/h3,5-6,9-13,16-22,24,31,34H,4,7-8,14-15,23,25-26H2,1-2H3,(H,41,45)/t34-/m0/s1. The Bertz CT molecular complexity index is 1870. The van der Waals surface area contributed by atoms with Crippen molar-refractivity contribution in [1.29, 1.82) is 0 Å². The van der Waals surface area contributed by atoms with Crippen LogP contribution in [0.2, 0.25) is 10.0 Å². The SMILES string of the molecule is COc1ccc(S(=O)(=O)N(CC(=O)N(Cc2cccc(Cl)c2)[C@@H](Cc2ccccc2)C(=O)NC2CCCCC2)c2ccc(Cl)cc2)cc1OC. The number of halogens is 2. The van der Waals surface area contributed by atoms with Crippen molar-refractivity contribution in [1.82, 2.24) is 10.2 Å². The van der Waals surface area contributed by atoms with E-state index in [0.717, 1.165) is 42.0 Å². The van der Waals surface area contributed by atoms with Gasteiger partial charge < -0.3 is 19.7 Å². The molecule has 0 aromatic heterocycles. The van der Waals surface area contributed by atoms with Crippen LogP contribution in [0.3, 0.4) is 0 Å². The number of amides is 2. The van der Waals surface area contributed by atoms with Crippen LogP contribution in [0.25, 0.3) is 0 Å². The summed E-state index contributed by atoms with van der Waals surface area (Å²) in [6, 6.07) is 26.0. The third-order valence-electron chi connectivity index (χ3n) is 8.80. The summed E-state index contributed by atoms with van der Waals surface area (Å²) in [4.78, 5) is 30.4. The van der Waals surface area contributed by atoms with Crippen molar-refractivity contribution in [2.45, 2.75) is 62.0 Å². The lowest BCUT2D eigenvalue weighted by molar-refractivity contribution is -0.140. The van der Waals surface area contributed by atoms with Crippen LogP contribution >= 0.6 is 23.2 Å². The molecule has 1 aliphatic carbocycles. The minimum Gasteiger partial charge on any atom is -0.493 e. The van der Waals surface area contributed by atoms with Gasteiger partial charge >= 0.3 is 0 Å². The monoisotopic (exact) mass is 737 g/mol. The highest BCUT2D eigenvalue weighted by molar-refractivity contribution is 7.92. The smallest absolute Gasteiger partial charge is 0.264 e. The van der Waals surface area contributed by atoms with E-state index in [0.29, 0.717) is 21.4 Å². The summed E-state index contributed by atoms with van der Waals surface area (Å²) in [6.45, 7) is -0.597. The summed E-state index contributed by atoms with van der Waals surface area (Å²) in [5.74, 6) is -0.317. The van der Waals surface area contributed by atoms with Crippen molar-refractivity contribution in [2.75, 3.05) is 25.1 Å². The van der Waals surface area contributed by atoms with Gasteiger partial charge in [0.15, 0.2) is 11.5 Å². The van der Waals surface area contributed by atoms with Gasteiger partial charge in [0.1, 0.15) is 12.6 Å². The molecule has 0 saturated heterocycles. The quantitative estimate of drug-likeness (QED) is 0.146. The fourth-order valence-corrected chi connectivity index (χ4v) is 7.94. The zero-order valence-electron chi connectivity index (χ0n) is 28.1. The third-order valence-corrected chi connectivity index (χ3v) is 11.1. The maximum absolute atomic E-state index is 14.7.